The number of rotatable bonds is 8. The number of benzene rings is 2. The maximum atomic E-state index is 15.8. The third-order valence-electron chi connectivity index (χ3n) is 5.46. The van der Waals surface area contributed by atoms with Crippen LogP contribution in [0.5, 0.6) is 5.75 Å². The van der Waals surface area contributed by atoms with Gasteiger partial charge in [0.05, 0.1) is 5.39 Å². The number of nitrogens with one attached hydrogen (secondary N) is 1. The number of para-hydroxylation sites is 1. The maximum absolute atomic E-state index is 15.8. The van der Waals surface area contributed by atoms with Gasteiger partial charge in [-0.3, -0.25) is 9.25 Å². The Balaban J connectivity index is 1.97. The number of alkyl halides is 5. The van der Waals surface area contributed by atoms with E-state index in [9.17, 15) is 31.9 Å². The summed E-state index contributed by atoms with van der Waals surface area (Å²) in [6.45, 7) is -0.754. The number of anilines is 2. The predicted molar refractivity (Wildman–Crippen MR) is 120 cm³/mol. The van der Waals surface area contributed by atoms with Gasteiger partial charge >= 0.3 is 11.9 Å². The van der Waals surface area contributed by atoms with Crippen LogP contribution in [0, 0.1) is 5.82 Å². The standard InChI is InChI=1S/C22H20F6N6O3/c1-3-33-15(9-35)30-34(21(33)36)13-8-14(37-10-22(26,27)28)16-18(17(13)23)32(2)31-20(16)29-12-7-5-4-6-11(12)19(24)25/h4-8,19,35H,3,9-10H2,1-2H3,(H,29,31). The van der Waals surface area contributed by atoms with Crippen molar-refractivity contribution in [3.8, 4) is 11.4 Å². The molecule has 0 aliphatic rings. The van der Waals surface area contributed by atoms with Gasteiger partial charge in [0.25, 0.3) is 6.43 Å². The summed E-state index contributed by atoms with van der Waals surface area (Å²) in [6.07, 6.45) is -7.66. The Morgan fingerprint density at radius 1 is 1.19 bits per heavy atom. The Morgan fingerprint density at radius 2 is 1.89 bits per heavy atom. The van der Waals surface area contributed by atoms with Crippen molar-refractivity contribution in [2.75, 3.05) is 11.9 Å². The summed E-state index contributed by atoms with van der Waals surface area (Å²) >= 11 is 0. The van der Waals surface area contributed by atoms with Crippen LogP contribution in [0.15, 0.2) is 35.1 Å². The van der Waals surface area contributed by atoms with E-state index in [0.29, 0.717) is 4.68 Å². The minimum atomic E-state index is -4.77. The van der Waals surface area contributed by atoms with Gasteiger partial charge in [-0.25, -0.2) is 18.0 Å². The summed E-state index contributed by atoms with van der Waals surface area (Å²) in [7, 11) is 1.28. The predicted octanol–water partition coefficient (Wildman–Crippen LogP) is 4.19. The van der Waals surface area contributed by atoms with Crippen LogP contribution >= 0.6 is 0 Å². The van der Waals surface area contributed by atoms with Crippen LogP contribution in [0.1, 0.15) is 24.7 Å². The second-order valence-electron chi connectivity index (χ2n) is 7.83. The minimum absolute atomic E-state index is 0.0827. The molecule has 0 amide bonds. The van der Waals surface area contributed by atoms with E-state index in [4.69, 9.17) is 4.74 Å². The van der Waals surface area contributed by atoms with Gasteiger partial charge in [-0.1, -0.05) is 18.2 Å². The molecule has 198 valence electrons. The zero-order valence-corrected chi connectivity index (χ0v) is 19.4. The second-order valence-corrected chi connectivity index (χ2v) is 7.83. The average molecular weight is 530 g/mol. The fourth-order valence-corrected chi connectivity index (χ4v) is 3.86. The highest BCUT2D eigenvalue weighted by Gasteiger charge is 2.31. The highest BCUT2D eigenvalue weighted by molar-refractivity contribution is 5.99. The first-order chi connectivity index (χ1) is 17.5. The number of ether oxygens (including phenoxy) is 1. The summed E-state index contributed by atoms with van der Waals surface area (Å²) in [5.74, 6) is -1.97. The van der Waals surface area contributed by atoms with Crippen LogP contribution in [0.2, 0.25) is 0 Å². The number of nitrogens with zero attached hydrogens (tertiary/aromatic N) is 5. The van der Waals surface area contributed by atoms with Gasteiger partial charge < -0.3 is 15.2 Å². The van der Waals surface area contributed by atoms with Crippen molar-refractivity contribution >= 4 is 22.4 Å². The van der Waals surface area contributed by atoms with Crippen molar-refractivity contribution < 1.29 is 36.2 Å². The van der Waals surface area contributed by atoms with E-state index >= 15 is 4.39 Å². The minimum Gasteiger partial charge on any atom is -0.483 e. The molecule has 0 unspecified atom stereocenters. The van der Waals surface area contributed by atoms with E-state index in [1.54, 1.807) is 6.92 Å². The molecule has 2 aromatic heterocycles. The number of aliphatic hydroxyl groups is 1. The first-order valence-corrected chi connectivity index (χ1v) is 10.8. The van der Waals surface area contributed by atoms with E-state index in [-0.39, 0.29) is 34.8 Å². The van der Waals surface area contributed by atoms with Crippen LogP contribution in [0.4, 0.5) is 37.8 Å². The molecule has 0 aliphatic heterocycles. The number of halogens is 6. The van der Waals surface area contributed by atoms with Gasteiger partial charge in [-0.15, -0.1) is 5.10 Å². The molecule has 0 saturated carbocycles. The van der Waals surface area contributed by atoms with Crippen LogP contribution in [0.25, 0.3) is 16.6 Å². The molecule has 4 aromatic rings. The van der Waals surface area contributed by atoms with E-state index in [1.165, 1.54) is 25.2 Å². The lowest BCUT2D eigenvalue weighted by atomic mass is 10.1. The van der Waals surface area contributed by atoms with E-state index in [1.807, 2.05) is 0 Å². The quantitative estimate of drug-likeness (QED) is 0.332. The Hall–Kier alpha value is -4.01. The highest BCUT2D eigenvalue weighted by Crippen LogP contribution is 2.39. The van der Waals surface area contributed by atoms with Crippen molar-refractivity contribution in [3.63, 3.8) is 0 Å². The zero-order chi connectivity index (χ0) is 27.1. The van der Waals surface area contributed by atoms with Gasteiger partial charge in [-0.05, 0) is 13.0 Å². The Bertz CT molecular complexity index is 1510. The van der Waals surface area contributed by atoms with Crippen LogP contribution in [-0.2, 0) is 20.2 Å². The monoisotopic (exact) mass is 530 g/mol. The number of fused-ring (bicyclic) bond motifs is 1. The van der Waals surface area contributed by atoms with Gasteiger partial charge in [-0.2, -0.15) is 23.0 Å². The molecule has 2 heterocycles. The Morgan fingerprint density at radius 3 is 2.49 bits per heavy atom. The lowest BCUT2D eigenvalue weighted by Crippen LogP contribution is -2.25. The fraction of sp³-hybridized carbons (Fsp3) is 0.318. The Labute approximate surface area is 204 Å². The highest BCUT2D eigenvalue weighted by atomic mass is 19.4. The molecule has 2 N–H and O–H groups in total. The molecule has 0 atom stereocenters. The molecule has 0 radical (unpaired) electrons. The molecule has 0 spiro atoms. The molecule has 4 rings (SSSR count). The number of aryl methyl sites for hydroxylation is 1. The van der Waals surface area contributed by atoms with Crippen LogP contribution < -0.4 is 15.7 Å². The molecule has 0 aliphatic carbocycles. The second kappa shape index (κ2) is 9.80. The molecule has 0 fully saturated rings. The molecular weight excluding hydrogens is 510 g/mol. The number of aromatic nitrogens is 5. The maximum Gasteiger partial charge on any atom is 0.422 e. The molecular formula is C22H20F6N6O3. The van der Waals surface area contributed by atoms with Crippen molar-refractivity contribution in [2.45, 2.75) is 32.7 Å². The Kier molecular flexibility index (Phi) is 6.90. The molecule has 9 nitrogen and oxygen atoms in total. The molecule has 0 bridgehead atoms. The number of aliphatic hydroxyl groups excluding tert-OH is 1. The van der Waals surface area contributed by atoms with Crippen LogP contribution in [-0.4, -0.2) is 42.0 Å². The normalized spacial score (nSPS) is 12.1. The summed E-state index contributed by atoms with van der Waals surface area (Å²) in [4.78, 5) is 12.8. The van der Waals surface area contributed by atoms with E-state index in [2.05, 4.69) is 15.5 Å². The van der Waals surface area contributed by atoms with E-state index < -0.39 is 54.3 Å². The van der Waals surface area contributed by atoms with Crippen LogP contribution in [0.3, 0.4) is 0 Å². The zero-order valence-electron chi connectivity index (χ0n) is 19.4. The SMILES string of the molecule is CCn1c(CO)nn(-c2cc(OCC(F)(F)F)c3c(Nc4ccccc4C(F)F)nn(C)c3c2F)c1=O. The third kappa shape index (κ3) is 4.85. The topological polar surface area (TPSA) is 99.1 Å². The van der Waals surface area contributed by atoms with Crippen molar-refractivity contribution in [2.24, 2.45) is 7.05 Å². The smallest absolute Gasteiger partial charge is 0.422 e. The van der Waals surface area contributed by atoms with Gasteiger partial charge in [0.1, 0.15) is 23.6 Å². The average Bonchev–Trinajstić information content (AvgIpc) is 3.34. The van der Waals surface area contributed by atoms with Gasteiger partial charge in [0.2, 0.25) is 0 Å². The van der Waals surface area contributed by atoms with Crippen molar-refractivity contribution in [3.05, 3.63) is 58.0 Å². The van der Waals surface area contributed by atoms with Crippen molar-refractivity contribution in [1.82, 2.24) is 24.1 Å². The van der Waals surface area contributed by atoms with E-state index in [0.717, 1.165) is 21.4 Å². The van der Waals surface area contributed by atoms with Gasteiger partial charge in [0, 0.05) is 30.9 Å². The molecule has 15 heteroatoms. The first kappa shape index (κ1) is 26.1. The number of hydrogen-bond donors (Lipinski definition) is 2. The molecule has 37 heavy (non-hydrogen) atoms. The fourth-order valence-electron chi connectivity index (χ4n) is 3.86. The summed E-state index contributed by atoms with van der Waals surface area (Å²) in [5, 5.41) is 19.8. The lowest BCUT2D eigenvalue weighted by Gasteiger charge is -2.14. The largest absolute Gasteiger partial charge is 0.483 e. The van der Waals surface area contributed by atoms with Gasteiger partial charge in [0.15, 0.2) is 24.1 Å². The summed E-state index contributed by atoms with van der Waals surface area (Å²) < 4.78 is 89.4. The molecule has 2 aromatic carbocycles. The third-order valence-corrected chi connectivity index (χ3v) is 5.46. The molecule has 0 saturated heterocycles. The first-order valence-electron chi connectivity index (χ1n) is 10.8. The summed E-state index contributed by atoms with van der Waals surface area (Å²) in [6, 6.07) is 6.11. The number of hydrogen-bond acceptors (Lipinski definition) is 6. The lowest BCUT2D eigenvalue weighted by molar-refractivity contribution is -0.153. The van der Waals surface area contributed by atoms with Crippen molar-refractivity contribution in [1.29, 1.82) is 0 Å². The summed E-state index contributed by atoms with van der Waals surface area (Å²) in [5.41, 5.74) is -2.30.